The Morgan fingerprint density at radius 1 is 1.17 bits per heavy atom. The number of fused-ring (bicyclic) bond motifs is 1. The molecule has 14 nitrogen and oxygen atoms in total. The van der Waals surface area contributed by atoms with E-state index in [0.29, 0.717) is 6.54 Å². The average molecular weight is 487 g/mol. The lowest BCUT2D eigenvalue weighted by atomic mass is 9.95. The van der Waals surface area contributed by atoms with Gasteiger partial charge in [-0.25, -0.2) is 20.7 Å². The molecule has 35 heavy (non-hydrogen) atoms. The van der Waals surface area contributed by atoms with Gasteiger partial charge in [-0.05, 0) is 35.0 Å². The Morgan fingerprint density at radius 3 is 2.51 bits per heavy atom. The molecule has 2 aliphatic rings. The van der Waals surface area contributed by atoms with Gasteiger partial charge in [-0.1, -0.05) is 6.07 Å². The monoisotopic (exact) mass is 486 g/mol. The van der Waals surface area contributed by atoms with Crippen molar-refractivity contribution in [2.45, 2.75) is 6.42 Å². The molecule has 186 valence electrons. The molecule has 4 rings (SSSR count). The number of nitrogens with one attached hydrogen (secondary N) is 1. The van der Waals surface area contributed by atoms with Crippen LogP contribution >= 0.6 is 0 Å². The van der Waals surface area contributed by atoms with Gasteiger partial charge in [0, 0.05) is 38.9 Å². The minimum absolute atomic E-state index is 0.0736. The second-order valence-corrected chi connectivity index (χ2v) is 7.71. The number of piperazine rings is 1. The summed E-state index contributed by atoms with van der Waals surface area (Å²) in [5.41, 5.74) is 4.64. The zero-order valence-electron chi connectivity index (χ0n) is 19.3. The third-order valence-corrected chi connectivity index (χ3v) is 5.48. The summed E-state index contributed by atoms with van der Waals surface area (Å²) in [5, 5.41) is 14.1. The van der Waals surface area contributed by atoms with Crippen LogP contribution in [0.5, 0.6) is 0 Å². The summed E-state index contributed by atoms with van der Waals surface area (Å²) in [6, 6.07) is 5.87. The van der Waals surface area contributed by atoms with Crippen LogP contribution in [0.25, 0.3) is 0 Å². The van der Waals surface area contributed by atoms with Gasteiger partial charge in [0.1, 0.15) is 22.9 Å². The third-order valence-electron chi connectivity index (χ3n) is 5.48. The van der Waals surface area contributed by atoms with E-state index >= 15 is 0 Å². The van der Waals surface area contributed by atoms with E-state index in [2.05, 4.69) is 40.8 Å². The number of allylic oxidation sites excluding steroid dienone is 2. The molecular formula is C21H28N9O5+. The van der Waals surface area contributed by atoms with Gasteiger partial charge in [0.05, 0.1) is 7.11 Å². The topological polar surface area (TPSA) is 197 Å². The molecule has 0 spiro atoms. The maximum Gasteiger partial charge on any atom is 0.378 e. The number of aromatic nitrogens is 3. The van der Waals surface area contributed by atoms with Gasteiger partial charge in [0.25, 0.3) is 0 Å². The highest BCUT2D eigenvalue weighted by molar-refractivity contribution is 6.26. The van der Waals surface area contributed by atoms with Crippen molar-refractivity contribution in [2.24, 2.45) is 5.73 Å². The van der Waals surface area contributed by atoms with Crippen molar-refractivity contribution >= 4 is 23.2 Å². The molecule has 0 atom stereocenters. The number of rotatable bonds is 7. The summed E-state index contributed by atoms with van der Waals surface area (Å²) in [6.07, 6.45) is 3.40. The van der Waals surface area contributed by atoms with E-state index in [0.717, 1.165) is 51.3 Å². The van der Waals surface area contributed by atoms with E-state index in [4.69, 9.17) is 5.73 Å². The first kappa shape index (κ1) is 25.6. The number of hydrogen-bond donors (Lipinski definition) is 3. The van der Waals surface area contributed by atoms with E-state index in [1.807, 2.05) is 18.2 Å². The van der Waals surface area contributed by atoms with Gasteiger partial charge in [-0.2, -0.15) is 0 Å². The van der Waals surface area contributed by atoms with E-state index in [1.54, 1.807) is 6.20 Å². The van der Waals surface area contributed by atoms with Crippen LogP contribution in [0.15, 0.2) is 42.1 Å². The van der Waals surface area contributed by atoms with E-state index < -0.39 is 27.9 Å². The van der Waals surface area contributed by atoms with Crippen molar-refractivity contribution in [2.75, 3.05) is 51.3 Å². The molecule has 14 heteroatoms. The molecule has 3 heterocycles. The van der Waals surface area contributed by atoms with Crippen LogP contribution in [-0.4, -0.2) is 82.7 Å². The van der Waals surface area contributed by atoms with Crippen LogP contribution in [0.4, 0.5) is 11.6 Å². The lowest BCUT2D eigenvalue weighted by Crippen LogP contribution is -2.47. The standard InChI is InChI=1S/C20H22N8O4.CH6NO/c21-15-17(19(30)16-14(18(15)29)20(28(31)32)25-12-24-16)23-6-3-7-26-8-10-27(11-9-26)13-4-1-2-5-22-13;1-3-2/h1-2,4-5,12,23H,3,6-11,21H2;1-2H3/q;+1. The minimum Gasteiger partial charge on any atom is -0.394 e. The van der Waals surface area contributed by atoms with E-state index in [-0.39, 0.29) is 17.1 Å². The van der Waals surface area contributed by atoms with Crippen LogP contribution < -0.4 is 21.8 Å². The quantitative estimate of drug-likeness (QED) is 0.243. The molecular weight excluding hydrogens is 458 g/mol. The number of Topliss-reactive ketones (excluding diaryl/α,β-unsaturated/α-hetero) is 2. The molecule has 1 aliphatic heterocycles. The molecule has 6 N–H and O–H groups in total. The summed E-state index contributed by atoms with van der Waals surface area (Å²) in [6.45, 7) is 4.77. The van der Waals surface area contributed by atoms with Crippen molar-refractivity contribution in [3.05, 3.63) is 63.5 Å². The molecule has 1 fully saturated rings. The zero-order chi connectivity index (χ0) is 25.4. The first-order valence-electron chi connectivity index (χ1n) is 10.9. The van der Waals surface area contributed by atoms with Crippen molar-refractivity contribution in [1.82, 2.24) is 25.2 Å². The Hall–Kier alpha value is -4.01. The fraction of sp³-hybridized carbons (Fsp3) is 0.381. The van der Waals surface area contributed by atoms with Crippen LogP contribution in [-0.2, 0) is 4.84 Å². The first-order valence-corrected chi connectivity index (χ1v) is 10.9. The Morgan fingerprint density at radius 2 is 1.89 bits per heavy atom. The smallest absolute Gasteiger partial charge is 0.378 e. The summed E-state index contributed by atoms with van der Waals surface area (Å²) < 4.78 is 0. The lowest BCUT2D eigenvalue weighted by Gasteiger charge is -2.35. The summed E-state index contributed by atoms with van der Waals surface area (Å²) in [7, 11) is 1.51. The maximum absolute atomic E-state index is 12.7. The summed E-state index contributed by atoms with van der Waals surface area (Å²) in [4.78, 5) is 55.8. The largest absolute Gasteiger partial charge is 0.394 e. The van der Waals surface area contributed by atoms with Gasteiger partial charge in [0.2, 0.25) is 17.9 Å². The normalized spacial score (nSPS) is 15.9. The van der Waals surface area contributed by atoms with Gasteiger partial charge >= 0.3 is 5.82 Å². The predicted octanol–water partition coefficient (Wildman–Crippen LogP) is -1.08. The molecule has 2 aromatic heterocycles. The zero-order valence-corrected chi connectivity index (χ0v) is 19.3. The van der Waals surface area contributed by atoms with E-state index in [9.17, 15) is 19.7 Å². The molecule has 0 bridgehead atoms. The lowest BCUT2D eigenvalue weighted by molar-refractivity contribution is -0.679. The van der Waals surface area contributed by atoms with Gasteiger partial charge in [-0.15, -0.1) is 0 Å². The number of nitro groups is 1. The van der Waals surface area contributed by atoms with Gasteiger partial charge < -0.3 is 26.1 Å². The van der Waals surface area contributed by atoms with Crippen LogP contribution in [0, 0.1) is 10.1 Å². The van der Waals surface area contributed by atoms with E-state index in [1.165, 1.54) is 7.11 Å². The number of ketones is 2. The molecule has 0 unspecified atom stereocenters. The fourth-order valence-electron chi connectivity index (χ4n) is 3.82. The van der Waals surface area contributed by atoms with Crippen LogP contribution in [0.1, 0.15) is 27.3 Å². The second-order valence-electron chi connectivity index (χ2n) is 7.71. The van der Waals surface area contributed by atoms with Gasteiger partial charge in [-0.3, -0.25) is 14.5 Å². The Kier molecular flexibility index (Phi) is 8.72. The number of anilines is 1. The number of carbonyl (C=O) groups excluding carboxylic acids is 2. The summed E-state index contributed by atoms with van der Waals surface area (Å²) >= 11 is 0. The second kappa shape index (κ2) is 11.9. The molecule has 0 aromatic carbocycles. The Bertz CT molecular complexity index is 1100. The molecule has 2 aromatic rings. The number of nitrogens with two attached hydrogens (primary N) is 1. The Labute approximate surface area is 201 Å². The molecule has 0 radical (unpaired) electrons. The number of quaternary nitrogens is 1. The van der Waals surface area contributed by atoms with Crippen LogP contribution in [0.2, 0.25) is 0 Å². The molecule has 1 saturated heterocycles. The highest BCUT2D eigenvalue weighted by atomic mass is 16.6. The number of pyridine rings is 1. The number of hydrogen-bond acceptors (Lipinski definition) is 12. The average Bonchev–Trinajstić information content (AvgIpc) is 2.88. The maximum atomic E-state index is 12.7. The highest BCUT2D eigenvalue weighted by Gasteiger charge is 2.38. The first-order chi connectivity index (χ1) is 16.9. The number of carbonyl (C=O) groups is 2. The van der Waals surface area contributed by atoms with Crippen LogP contribution in [0.3, 0.4) is 0 Å². The molecule has 0 amide bonds. The Balaban J connectivity index is 0.00000108. The van der Waals surface area contributed by atoms with Crippen molar-refractivity contribution in [1.29, 1.82) is 0 Å². The predicted molar refractivity (Wildman–Crippen MR) is 124 cm³/mol. The number of nitrogens with zero attached hydrogens (tertiary/aromatic N) is 6. The van der Waals surface area contributed by atoms with Crippen molar-refractivity contribution < 1.29 is 25.2 Å². The highest BCUT2D eigenvalue weighted by Crippen LogP contribution is 2.27. The van der Waals surface area contributed by atoms with Gasteiger partial charge in [0.15, 0.2) is 5.56 Å². The molecule has 0 saturated carbocycles. The summed E-state index contributed by atoms with van der Waals surface area (Å²) in [5.74, 6) is 1.77. The minimum atomic E-state index is -0.828. The van der Waals surface area contributed by atoms with Crippen molar-refractivity contribution in [3.63, 3.8) is 0 Å². The van der Waals surface area contributed by atoms with Crippen molar-refractivity contribution in [3.8, 4) is 0 Å². The SMILES string of the molecule is CO[NH3+].NC1=C(NCCCN2CCN(c3ccccn3)CC2)C(=O)c2ncnc([N+](=O)[O-])c2C1=O. The third kappa shape index (κ3) is 5.92. The fourth-order valence-corrected chi connectivity index (χ4v) is 3.82. The molecule has 1 aliphatic carbocycles.